The van der Waals surface area contributed by atoms with Gasteiger partial charge in [0.2, 0.25) is 0 Å². The number of morpholine rings is 1. The molecule has 154 valence electrons. The molecule has 0 saturated carbocycles. The average Bonchev–Trinajstić information content (AvgIpc) is 3.20. The smallest absolute Gasteiger partial charge is 0.188 e. The van der Waals surface area contributed by atoms with E-state index in [1.54, 1.807) is 17.7 Å². The molecule has 8 heteroatoms. The number of rotatable bonds is 8. The number of thiazole rings is 1. The molecule has 2 aromatic heterocycles. The predicted molar refractivity (Wildman–Crippen MR) is 116 cm³/mol. The van der Waals surface area contributed by atoms with E-state index in [1.807, 2.05) is 12.3 Å². The summed E-state index contributed by atoms with van der Waals surface area (Å²) in [6.07, 6.45) is 5.47. The van der Waals surface area contributed by atoms with Gasteiger partial charge in [0.25, 0.3) is 0 Å². The topological polar surface area (TPSA) is 72.4 Å². The predicted octanol–water partition coefficient (Wildman–Crippen LogP) is 3.80. The van der Waals surface area contributed by atoms with Gasteiger partial charge in [-0.15, -0.1) is 11.3 Å². The van der Waals surface area contributed by atoms with Gasteiger partial charge in [-0.25, -0.2) is 15.0 Å². The Bertz CT molecular complexity index is 955. The first-order chi connectivity index (χ1) is 14.2. The highest BCUT2D eigenvalue weighted by molar-refractivity contribution is 7.15. The molecular formula is C21H27N5O2S. The summed E-state index contributed by atoms with van der Waals surface area (Å²) in [4.78, 5) is 17.0. The fourth-order valence-electron chi connectivity index (χ4n) is 3.37. The zero-order valence-corrected chi connectivity index (χ0v) is 17.8. The van der Waals surface area contributed by atoms with Crippen molar-refractivity contribution in [2.24, 2.45) is 0 Å². The summed E-state index contributed by atoms with van der Waals surface area (Å²) >= 11 is 1.65. The van der Waals surface area contributed by atoms with Gasteiger partial charge in [-0.1, -0.05) is 6.92 Å². The first-order valence-electron chi connectivity index (χ1n) is 10.1. The molecule has 3 aromatic rings. The molecule has 0 spiro atoms. The number of hydrogen-bond acceptors (Lipinski definition) is 8. The zero-order chi connectivity index (χ0) is 20.1. The van der Waals surface area contributed by atoms with Gasteiger partial charge >= 0.3 is 0 Å². The highest BCUT2D eigenvalue weighted by Crippen LogP contribution is 2.30. The van der Waals surface area contributed by atoms with Crippen LogP contribution in [0.15, 0.2) is 24.7 Å². The van der Waals surface area contributed by atoms with Crippen LogP contribution in [0.1, 0.15) is 23.8 Å². The minimum atomic E-state index is 0.693. The number of aryl methyl sites for hydroxylation is 2. The van der Waals surface area contributed by atoms with Crippen LogP contribution in [-0.4, -0.2) is 59.3 Å². The molecule has 0 bridgehead atoms. The number of ether oxygens (including phenoxy) is 2. The van der Waals surface area contributed by atoms with Crippen molar-refractivity contribution in [1.82, 2.24) is 19.9 Å². The summed E-state index contributed by atoms with van der Waals surface area (Å²) in [6, 6.07) is 4.09. The Morgan fingerprint density at radius 3 is 2.86 bits per heavy atom. The Kier molecular flexibility index (Phi) is 6.53. The van der Waals surface area contributed by atoms with Crippen LogP contribution < -0.4 is 10.1 Å². The molecule has 0 atom stereocenters. The van der Waals surface area contributed by atoms with Gasteiger partial charge in [-0.05, 0) is 31.4 Å². The maximum atomic E-state index is 6.06. The molecule has 1 N–H and O–H groups in total. The van der Waals surface area contributed by atoms with Crippen LogP contribution in [0.5, 0.6) is 5.75 Å². The van der Waals surface area contributed by atoms with Gasteiger partial charge in [0.05, 0.1) is 25.3 Å². The molecule has 1 fully saturated rings. The fourth-order valence-corrected chi connectivity index (χ4v) is 4.12. The minimum absolute atomic E-state index is 0.693. The standard InChI is InChI=1S/C21H27N5O2S/c1-3-16-13-22-21(29-16)25-20-17-11-15(2)19(12-18(17)23-14-24-20)28-8-4-5-26-6-9-27-10-7-26/h11-14H,3-10H2,1-2H3,(H,22,23,24,25). The normalized spacial score (nSPS) is 15.0. The third-order valence-electron chi connectivity index (χ3n) is 5.04. The third-order valence-corrected chi connectivity index (χ3v) is 6.10. The number of nitrogens with zero attached hydrogens (tertiary/aromatic N) is 4. The van der Waals surface area contributed by atoms with Crippen molar-refractivity contribution in [3.63, 3.8) is 0 Å². The van der Waals surface area contributed by atoms with E-state index in [4.69, 9.17) is 9.47 Å². The zero-order valence-electron chi connectivity index (χ0n) is 17.0. The van der Waals surface area contributed by atoms with Gasteiger partial charge in [-0.3, -0.25) is 4.90 Å². The fraction of sp³-hybridized carbons (Fsp3) is 0.476. The number of fused-ring (bicyclic) bond motifs is 1. The Labute approximate surface area is 175 Å². The van der Waals surface area contributed by atoms with Crippen LogP contribution in [0, 0.1) is 6.92 Å². The molecule has 1 aromatic carbocycles. The summed E-state index contributed by atoms with van der Waals surface area (Å²) in [5.41, 5.74) is 1.94. The largest absolute Gasteiger partial charge is 0.493 e. The van der Waals surface area contributed by atoms with Crippen LogP contribution in [0.3, 0.4) is 0 Å². The highest BCUT2D eigenvalue weighted by Gasteiger charge is 2.12. The molecule has 3 heterocycles. The molecule has 1 saturated heterocycles. The van der Waals surface area contributed by atoms with E-state index in [0.29, 0.717) is 6.61 Å². The second kappa shape index (κ2) is 9.47. The van der Waals surface area contributed by atoms with E-state index in [1.165, 1.54) is 4.88 Å². The lowest BCUT2D eigenvalue weighted by Gasteiger charge is -2.26. The number of anilines is 2. The molecular weight excluding hydrogens is 386 g/mol. The number of nitrogens with one attached hydrogen (secondary N) is 1. The first-order valence-corrected chi connectivity index (χ1v) is 10.9. The highest BCUT2D eigenvalue weighted by atomic mass is 32.1. The summed E-state index contributed by atoms with van der Waals surface area (Å²) in [5, 5.41) is 5.16. The molecule has 4 rings (SSSR count). The van der Waals surface area contributed by atoms with Crippen molar-refractivity contribution in [2.45, 2.75) is 26.7 Å². The molecule has 7 nitrogen and oxygen atoms in total. The molecule has 0 amide bonds. The van der Waals surface area contributed by atoms with E-state index in [0.717, 1.165) is 78.9 Å². The van der Waals surface area contributed by atoms with Gasteiger partial charge in [0.1, 0.15) is 17.9 Å². The van der Waals surface area contributed by atoms with Gasteiger partial charge < -0.3 is 14.8 Å². The van der Waals surface area contributed by atoms with Crippen LogP contribution in [-0.2, 0) is 11.2 Å². The van der Waals surface area contributed by atoms with E-state index >= 15 is 0 Å². The quantitative estimate of drug-likeness (QED) is 0.563. The molecule has 29 heavy (non-hydrogen) atoms. The third kappa shape index (κ3) is 5.01. The van der Waals surface area contributed by atoms with E-state index in [-0.39, 0.29) is 0 Å². The van der Waals surface area contributed by atoms with Gasteiger partial charge in [0, 0.05) is 42.2 Å². The molecule has 0 unspecified atom stereocenters. The van der Waals surface area contributed by atoms with Crippen LogP contribution >= 0.6 is 11.3 Å². The molecule has 0 radical (unpaired) electrons. The number of aromatic nitrogens is 3. The van der Waals surface area contributed by atoms with E-state index < -0.39 is 0 Å². The van der Waals surface area contributed by atoms with Crippen molar-refractivity contribution in [2.75, 3.05) is 44.8 Å². The van der Waals surface area contributed by atoms with Crippen molar-refractivity contribution >= 4 is 33.2 Å². The summed E-state index contributed by atoms with van der Waals surface area (Å²) in [7, 11) is 0. The van der Waals surface area contributed by atoms with Crippen molar-refractivity contribution in [1.29, 1.82) is 0 Å². The second-order valence-electron chi connectivity index (χ2n) is 7.12. The molecule has 0 aliphatic carbocycles. The second-order valence-corrected chi connectivity index (χ2v) is 8.24. The van der Waals surface area contributed by atoms with Crippen molar-refractivity contribution < 1.29 is 9.47 Å². The van der Waals surface area contributed by atoms with E-state index in [2.05, 4.69) is 45.1 Å². The van der Waals surface area contributed by atoms with Crippen LogP contribution in [0.4, 0.5) is 10.9 Å². The lowest BCUT2D eigenvalue weighted by atomic mass is 10.1. The van der Waals surface area contributed by atoms with Crippen molar-refractivity contribution in [3.8, 4) is 5.75 Å². The average molecular weight is 414 g/mol. The number of benzene rings is 1. The number of hydrogen-bond donors (Lipinski definition) is 1. The molecule has 1 aliphatic heterocycles. The van der Waals surface area contributed by atoms with E-state index in [9.17, 15) is 0 Å². The maximum absolute atomic E-state index is 6.06. The Morgan fingerprint density at radius 1 is 1.21 bits per heavy atom. The Hall–Kier alpha value is -2.29. The maximum Gasteiger partial charge on any atom is 0.188 e. The summed E-state index contributed by atoms with van der Waals surface area (Å²) < 4.78 is 11.5. The lowest BCUT2D eigenvalue weighted by Crippen LogP contribution is -2.37. The molecule has 1 aliphatic rings. The summed E-state index contributed by atoms with van der Waals surface area (Å²) in [6.45, 7) is 9.62. The van der Waals surface area contributed by atoms with Crippen LogP contribution in [0.25, 0.3) is 10.9 Å². The lowest BCUT2D eigenvalue weighted by molar-refractivity contribution is 0.0358. The monoisotopic (exact) mass is 413 g/mol. The van der Waals surface area contributed by atoms with Crippen molar-refractivity contribution in [3.05, 3.63) is 35.1 Å². The van der Waals surface area contributed by atoms with Crippen LogP contribution in [0.2, 0.25) is 0 Å². The first kappa shape index (κ1) is 20.0. The minimum Gasteiger partial charge on any atom is -0.493 e. The SMILES string of the molecule is CCc1cnc(Nc2ncnc3cc(OCCCN4CCOCC4)c(C)cc23)s1. The summed E-state index contributed by atoms with van der Waals surface area (Å²) in [5.74, 6) is 1.65. The Morgan fingerprint density at radius 2 is 2.07 bits per heavy atom. The van der Waals surface area contributed by atoms with Gasteiger partial charge in [-0.2, -0.15) is 0 Å². The Balaban J connectivity index is 1.42. The van der Waals surface area contributed by atoms with Gasteiger partial charge in [0.15, 0.2) is 5.13 Å².